The third-order valence-electron chi connectivity index (χ3n) is 3.48. The molecule has 3 heteroatoms. The number of anilines is 1. The molecule has 1 rings (SSSR count). The van der Waals surface area contributed by atoms with Gasteiger partial charge in [-0.05, 0) is 43.4 Å². The van der Waals surface area contributed by atoms with Crippen molar-refractivity contribution >= 4 is 5.82 Å². The second-order valence-corrected chi connectivity index (χ2v) is 6.54. The lowest BCUT2D eigenvalue weighted by Gasteiger charge is -2.20. The van der Waals surface area contributed by atoms with Gasteiger partial charge in [0.15, 0.2) is 0 Å². The van der Waals surface area contributed by atoms with Crippen LogP contribution in [0.4, 0.5) is 5.82 Å². The van der Waals surface area contributed by atoms with Crippen LogP contribution in [0, 0.1) is 18.8 Å². The third kappa shape index (κ3) is 5.91. The van der Waals surface area contributed by atoms with Crippen molar-refractivity contribution in [3.63, 3.8) is 0 Å². The first-order chi connectivity index (χ1) is 9.40. The van der Waals surface area contributed by atoms with Gasteiger partial charge in [-0.1, -0.05) is 33.8 Å². The Hall–Kier alpha value is -1.09. The van der Waals surface area contributed by atoms with Gasteiger partial charge in [-0.15, -0.1) is 0 Å². The summed E-state index contributed by atoms with van der Waals surface area (Å²) in [5.74, 6) is 2.50. The molecule has 0 aliphatic carbocycles. The zero-order valence-corrected chi connectivity index (χ0v) is 14.0. The Morgan fingerprint density at radius 2 is 1.85 bits per heavy atom. The van der Waals surface area contributed by atoms with E-state index in [1.807, 2.05) is 0 Å². The van der Waals surface area contributed by atoms with Crippen LogP contribution in [0.15, 0.2) is 12.1 Å². The Kier molecular flexibility index (Phi) is 7.00. The van der Waals surface area contributed by atoms with Crippen LogP contribution in [-0.2, 0) is 6.54 Å². The van der Waals surface area contributed by atoms with Crippen LogP contribution in [-0.4, -0.2) is 25.1 Å². The summed E-state index contributed by atoms with van der Waals surface area (Å²) in [5.41, 5.74) is 2.43. The molecule has 0 bridgehead atoms. The molecule has 0 fully saturated rings. The number of rotatable bonds is 8. The van der Waals surface area contributed by atoms with Gasteiger partial charge in [0.2, 0.25) is 0 Å². The fourth-order valence-electron chi connectivity index (χ4n) is 2.04. The molecule has 0 atom stereocenters. The highest BCUT2D eigenvalue weighted by atomic mass is 15.2. The lowest BCUT2D eigenvalue weighted by atomic mass is 10.1. The Morgan fingerprint density at radius 3 is 2.40 bits per heavy atom. The number of aryl methyl sites for hydroxylation is 1. The molecule has 1 N–H and O–H groups in total. The number of nitrogens with zero attached hydrogens (tertiary/aromatic N) is 2. The predicted octanol–water partition coefficient (Wildman–Crippen LogP) is 3.62. The topological polar surface area (TPSA) is 28.2 Å². The largest absolute Gasteiger partial charge is 0.360 e. The average molecular weight is 277 g/mol. The Balaban J connectivity index is 2.58. The van der Waals surface area contributed by atoms with Crippen molar-refractivity contribution in [2.75, 3.05) is 25.0 Å². The monoisotopic (exact) mass is 277 g/mol. The van der Waals surface area contributed by atoms with Gasteiger partial charge in [0.1, 0.15) is 5.82 Å². The first kappa shape index (κ1) is 17.0. The van der Waals surface area contributed by atoms with E-state index in [1.54, 1.807) is 0 Å². The van der Waals surface area contributed by atoms with E-state index in [2.05, 4.69) is 64.0 Å². The highest BCUT2D eigenvalue weighted by Gasteiger charge is 2.07. The Morgan fingerprint density at radius 1 is 1.15 bits per heavy atom. The van der Waals surface area contributed by atoms with Gasteiger partial charge in [-0.3, -0.25) is 0 Å². The zero-order valence-electron chi connectivity index (χ0n) is 14.0. The number of nitrogens with one attached hydrogen (secondary N) is 1. The average Bonchev–Trinajstić information content (AvgIpc) is 2.37. The number of aromatic nitrogens is 1. The molecule has 0 aromatic carbocycles. The predicted molar refractivity (Wildman–Crippen MR) is 88.2 cm³/mol. The van der Waals surface area contributed by atoms with E-state index in [0.29, 0.717) is 5.92 Å². The molecule has 0 spiro atoms. The zero-order chi connectivity index (χ0) is 15.1. The quantitative estimate of drug-likeness (QED) is 0.786. The third-order valence-corrected chi connectivity index (χ3v) is 3.48. The summed E-state index contributed by atoms with van der Waals surface area (Å²) in [6.45, 7) is 14.1. The van der Waals surface area contributed by atoms with E-state index >= 15 is 0 Å². The molecular weight excluding hydrogens is 246 g/mol. The van der Waals surface area contributed by atoms with E-state index in [-0.39, 0.29) is 0 Å². The maximum absolute atomic E-state index is 4.73. The molecule has 0 aliphatic heterocycles. The minimum atomic E-state index is 0.685. The Bertz CT molecular complexity index is 399. The first-order valence-electron chi connectivity index (χ1n) is 7.78. The molecule has 0 aliphatic rings. The van der Waals surface area contributed by atoms with Crippen molar-refractivity contribution in [2.45, 2.75) is 47.6 Å². The summed E-state index contributed by atoms with van der Waals surface area (Å²) in [7, 11) is 2.13. The highest BCUT2D eigenvalue weighted by molar-refractivity contribution is 5.40. The van der Waals surface area contributed by atoms with Gasteiger partial charge >= 0.3 is 0 Å². The lowest BCUT2D eigenvalue weighted by molar-refractivity contribution is 0.550. The Labute approximate surface area is 124 Å². The van der Waals surface area contributed by atoms with E-state index in [4.69, 9.17) is 4.98 Å². The fraction of sp³-hybridized carbons (Fsp3) is 0.706. The minimum Gasteiger partial charge on any atom is -0.360 e. The van der Waals surface area contributed by atoms with Crippen molar-refractivity contribution in [2.24, 2.45) is 11.8 Å². The van der Waals surface area contributed by atoms with Crippen LogP contribution in [0.1, 0.15) is 45.4 Å². The van der Waals surface area contributed by atoms with Gasteiger partial charge in [0.25, 0.3) is 0 Å². The molecule has 0 unspecified atom stereocenters. The highest BCUT2D eigenvalue weighted by Crippen LogP contribution is 2.15. The summed E-state index contributed by atoms with van der Waals surface area (Å²) in [4.78, 5) is 6.98. The molecule has 1 aromatic heterocycles. The van der Waals surface area contributed by atoms with Crippen molar-refractivity contribution < 1.29 is 0 Å². The summed E-state index contributed by atoms with van der Waals surface area (Å²) < 4.78 is 0. The molecule has 0 saturated heterocycles. The van der Waals surface area contributed by atoms with E-state index in [1.165, 1.54) is 12.0 Å². The lowest BCUT2D eigenvalue weighted by Crippen LogP contribution is -2.22. The SMILES string of the molecule is Cc1nc(N(C)CCC(C)C)ccc1CNCC(C)C. The maximum Gasteiger partial charge on any atom is 0.128 e. The van der Waals surface area contributed by atoms with Gasteiger partial charge < -0.3 is 10.2 Å². The smallest absolute Gasteiger partial charge is 0.128 e. The molecule has 114 valence electrons. The summed E-state index contributed by atoms with van der Waals surface area (Å²) in [6, 6.07) is 4.34. The number of hydrogen-bond donors (Lipinski definition) is 1. The van der Waals surface area contributed by atoms with E-state index < -0.39 is 0 Å². The van der Waals surface area contributed by atoms with Gasteiger partial charge in [0.05, 0.1) is 0 Å². The van der Waals surface area contributed by atoms with Gasteiger partial charge in [-0.2, -0.15) is 0 Å². The molecule has 20 heavy (non-hydrogen) atoms. The minimum absolute atomic E-state index is 0.685. The van der Waals surface area contributed by atoms with Gasteiger partial charge in [0, 0.05) is 25.8 Å². The fourth-order valence-corrected chi connectivity index (χ4v) is 2.04. The van der Waals surface area contributed by atoms with Crippen LogP contribution >= 0.6 is 0 Å². The maximum atomic E-state index is 4.73. The van der Waals surface area contributed by atoms with Crippen LogP contribution < -0.4 is 10.2 Å². The van der Waals surface area contributed by atoms with E-state index in [0.717, 1.165) is 37.1 Å². The van der Waals surface area contributed by atoms with E-state index in [9.17, 15) is 0 Å². The molecule has 3 nitrogen and oxygen atoms in total. The summed E-state index contributed by atoms with van der Waals surface area (Å²) in [6.07, 6.45) is 1.20. The van der Waals surface area contributed by atoms with Crippen molar-refractivity contribution in [1.82, 2.24) is 10.3 Å². The molecular formula is C17H31N3. The molecule has 0 saturated carbocycles. The van der Waals surface area contributed by atoms with Crippen molar-refractivity contribution in [1.29, 1.82) is 0 Å². The van der Waals surface area contributed by atoms with Crippen LogP contribution in [0.3, 0.4) is 0 Å². The molecule has 1 heterocycles. The normalized spacial score (nSPS) is 11.4. The number of pyridine rings is 1. The van der Waals surface area contributed by atoms with Crippen molar-refractivity contribution in [3.8, 4) is 0 Å². The standard InChI is InChI=1S/C17H31N3/c1-13(2)9-10-20(6)17-8-7-16(15(5)19-17)12-18-11-14(3)4/h7-8,13-14,18H,9-12H2,1-6H3. The summed E-state index contributed by atoms with van der Waals surface area (Å²) in [5, 5.41) is 3.48. The van der Waals surface area contributed by atoms with Gasteiger partial charge in [-0.25, -0.2) is 4.98 Å². The molecule has 0 radical (unpaired) electrons. The van der Waals surface area contributed by atoms with Crippen LogP contribution in [0.5, 0.6) is 0 Å². The summed E-state index contributed by atoms with van der Waals surface area (Å²) >= 11 is 0. The van der Waals surface area contributed by atoms with Crippen LogP contribution in [0.2, 0.25) is 0 Å². The first-order valence-corrected chi connectivity index (χ1v) is 7.78. The number of hydrogen-bond acceptors (Lipinski definition) is 3. The molecule has 0 amide bonds. The molecule has 1 aromatic rings. The second-order valence-electron chi connectivity index (χ2n) is 6.54. The van der Waals surface area contributed by atoms with Crippen molar-refractivity contribution in [3.05, 3.63) is 23.4 Å². The van der Waals surface area contributed by atoms with Crippen LogP contribution in [0.25, 0.3) is 0 Å². The second kappa shape index (κ2) is 8.25.